The van der Waals surface area contributed by atoms with Crippen LogP contribution in [0.15, 0.2) is 9.90 Å². The van der Waals surface area contributed by atoms with Crippen molar-refractivity contribution in [3.05, 3.63) is 22.8 Å². The molecule has 0 radical (unpaired) electrons. The molecule has 1 saturated heterocycles. The second-order valence-electron chi connectivity index (χ2n) is 5.21. The third-order valence-electron chi connectivity index (χ3n) is 3.77. The number of nitrogens with zero attached hydrogens (tertiary/aromatic N) is 5. The Hall–Kier alpha value is -1.83. The van der Waals surface area contributed by atoms with Crippen LogP contribution >= 0.6 is 11.5 Å². The lowest BCUT2D eigenvalue weighted by atomic mass is 10.2. The fourth-order valence-electron chi connectivity index (χ4n) is 2.56. The summed E-state index contributed by atoms with van der Waals surface area (Å²) >= 11 is 1.18. The van der Waals surface area contributed by atoms with Gasteiger partial charge < -0.3 is 9.42 Å². The summed E-state index contributed by atoms with van der Waals surface area (Å²) in [5.74, 6) is 1.68. The molecular weight excluding hydrogens is 278 g/mol. The SMILES string of the molecule is O=C(c1csnn1)N1CCC[C@H]1c1noc(C2CC2)n1. The molecule has 2 aromatic heterocycles. The number of hydrogen-bond donors (Lipinski definition) is 0. The summed E-state index contributed by atoms with van der Waals surface area (Å²) in [4.78, 5) is 18.6. The van der Waals surface area contributed by atoms with Crippen LogP contribution in [0.5, 0.6) is 0 Å². The Morgan fingerprint density at radius 3 is 3.05 bits per heavy atom. The zero-order valence-electron chi connectivity index (χ0n) is 10.7. The first-order chi connectivity index (χ1) is 9.83. The molecule has 1 atom stereocenters. The Bertz CT molecular complexity index is 622. The molecule has 0 bridgehead atoms. The number of carbonyl (C=O) groups is 1. The van der Waals surface area contributed by atoms with Gasteiger partial charge in [-0.15, -0.1) is 5.10 Å². The van der Waals surface area contributed by atoms with Gasteiger partial charge in [-0.05, 0) is 37.2 Å². The summed E-state index contributed by atoms with van der Waals surface area (Å²) in [6.45, 7) is 0.703. The lowest BCUT2D eigenvalue weighted by Crippen LogP contribution is -2.31. The first-order valence-electron chi connectivity index (χ1n) is 6.74. The molecule has 2 fully saturated rings. The highest BCUT2D eigenvalue weighted by Gasteiger charge is 2.36. The normalized spacial score (nSPS) is 22.4. The van der Waals surface area contributed by atoms with Crippen LogP contribution in [0.2, 0.25) is 0 Å². The monoisotopic (exact) mass is 291 g/mol. The van der Waals surface area contributed by atoms with Crippen LogP contribution in [0.3, 0.4) is 0 Å². The van der Waals surface area contributed by atoms with Crippen LogP contribution in [0, 0.1) is 0 Å². The van der Waals surface area contributed by atoms with E-state index in [1.54, 1.807) is 10.3 Å². The van der Waals surface area contributed by atoms with Crippen molar-refractivity contribution in [3.63, 3.8) is 0 Å². The molecule has 20 heavy (non-hydrogen) atoms. The molecule has 0 spiro atoms. The van der Waals surface area contributed by atoms with Crippen molar-refractivity contribution in [2.45, 2.75) is 37.6 Å². The standard InChI is InChI=1S/C12H13N5O2S/c18-12(8-6-20-16-14-8)17-5-1-2-9(17)10-13-11(19-15-10)7-3-4-7/h6-7,9H,1-5H2/t9-/m0/s1. The first-order valence-corrected chi connectivity index (χ1v) is 7.58. The van der Waals surface area contributed by atoms with E-state index in [9.17, 15) is 4.79 Å². The second-order valence-corrected chi connectivity index (χ2v) is 5.82. The first kappa shape index (κ1) is 12.0. The Morgan fingerprint density at radius 2 is 2.30 bits per heavy atom. The zero-order chi connectivity index (χ0) is 13.5. The Kier molecular flexibility index (Phi) is 2.76. The van der Waals surface area contributed by atoms with Crippen LogP contribution in [0.4, 0.5) is 0 Å². The van der Waals surface area contributed by atoms with Gasteiger partial charge in [0, 0.05) is 17.8 Å². The van der Waals surface area contributed by atoms with Gasteiger partial charge in [0.1, 0.15) is 0 Å². The molecular formula is C12H13N5O2S. The maximum atomic E-state index is 12.4. The molecule has 1 amide bonds. The lowest BCUT2D eigenvalue weighted by Gasteiger charge is -2.20. The summed E-state index contributed by atoms with van der Waals surface area (Å²) < 4.78 is 9.04. The third-order valence-corrected chi connectivity index (χ3v) is 4.28. The molecule has 7 nitrogen and oxygen atoms in total. The van der Waals surface area contributed by atoms with Crippen molar-refractivity contribution in [2.24, 2.45) is 0 Å². The van der Waals surface area contributed by atoms with E-state index in [2.05, 4.69) is 19.7 Å². The van der Waals surface area contributed by atoms with E-state index < -0.39 is 0 Å². The van der Waals surface area contributed by atoms with E-state index in [4.69, 9.17) is 4.52 Å². The van der Waals surface area contributed by atoms with Gasteiger partial charge in [0.2, 0.25) is 5.89 Å². The summed E-state index contributed by atoms with van der Waals surface area (Å²) in [7, 11) is 0. The van der Waals surface area contributed by atoms with E-state index in [1.807, 2.05) is 0 Å². The van der Waals surface area contributed by atoms with E-state index in [0.29, 0.717) is 24.0 Å². The Balaban J connectivity index is 1.58. The van der Waals surface area contributed by atoms with Crippen molar-refractivity contribution in [3.8, 4) is 0 Å². The fraction of sp³-hybridized carbons (Fsp3) is 0.583. The second kappa shape index (κ2) is 4.62. The zero-order valence-corrected chi connectivity index (χ0v) is 11.5. The van der Waals surface area contributed by atoms with Crippen molar-refractivity contribution < 1.29 is 9.32 Å². The minimum Gasteiger partial charge on any atom is -0.339 e. The average Bonchev–Trinajstić information content (AvgIpc) is 2.97. The van der Waals surface area contributed by atoms with Crippen LogP contribution in [0.25, 0.3) is 0 Å². The summed E-state index contributed by atoms with van der Waals surface area (Å²) in [6.07, 6.45) is 4.06. The van der Waals surface area contributed by atoms with E-state index in [1.165, 1.54) is 11.5 Å². The van der Waals surface area contributed by atoms with Gasteiger partial charge in [0.05, 0.1) is 6.04 Å². The Morgan fingerprint density at radius 1 is 1.40 bits per heavy atom. The van der Waals surface area contributed by atoms with Gasteiger partial charge in [0.25, 0.3) is 5.91 Å². The molecule has 4 rings (SSSR count). The van der Waals surface area contributed by atoms with E-state index in [-0.39, 0.29) is 11.9 Å². The number of aromatic nitrogens is 4. The van der Waals surface area contributed by atoms with Crippen molar-refractivity contribution in [2.75, 3.05) is 6.54 Å². The minimum absolute atomic E-state index is 0.0968. The Labute approximate surface area is 119 Å². The van der Waals surface area contributed by atoms with Crippen LogP contribution in [0.1, 0.15) is 59.8 Å². The number of carbonyl (C=O) groups excluding carboxylic acids is 1. The maximum absolute atomic E-state index is 12.4. The predicted octanol–water partition coefficient (Wildman–Crippen LogP) is 1.78. The smallest absolute Gasteiger partial charge is 0.275 e. The molecule has 2 aromatic rings. The average molecular weight is 291 g/mol. The molecule has 1 aliphatic heterocycles. The predicted molar refractivity (Wildman–Crippen MR) is 69.2 cm³/mol. The molecule has 0 unspecified atom stereocenters. The van der Waals surface area contributed by atoms with Crippen LogP contribution in [-0.2, 0) is 0 Å². The molecule has 2 aliphatic rings. The summed E-state index contributed by atoms with van der Waals surface area (Å²) in [6, 6.07) is -0.0968. The van der Waals surface area contributed by atoms with Crippen LogP contribution < -0.4 is 0 Å². The lowest BCUT2D eigenvalue weighted by molar-refractivity contribution is 0.0722. The van der Waals surface area contributed by atoms with Crippen molar-refractivity contribution in [1.82, 2.24) is 24.6 Å². The molecule has 1 aliphatic carbocycles. The van der Waals surface area contributed by atoms with Crippen LogP contribution in [-0.4, -0.2) is 37.1 Å². The van der Waals surface area contributed by atoms with E-state index >= 15 is 0 Å². The van der Waals surface area contributed by atoms with Gasteiger partial charge >= 0.3 is 0 Å². The van der Waals surface area contributed by atoms with Gasteiger partial charge in [-0.1, -0.05) is 9.64 Å². The minimum atomic E-state index is -0.0981. The fourth-order valence-corrected chi connectivity index (χ4v) is 2.99. The molecule has 1 saturated carbocycles. The number of hydrogen-bond acceptors (Lipinski definition) is 7. The highest BCUT2D eigenvalue weighted by Crippen LogP contribution is 2.40. The highest BCUT2D eigenvalue weighted by molar-refractivity contribution is 7.03. The highest BCUT2D eigenvalue weighted by atomic mass is 32.1. The van der Waals surface area contributed by atoms with Gasteiger partial charge in [-0.2, -0.15) is 4.98 Å². The molecule has 3 heterocycles. The summed E-state index contributed by atoms with van der Waals surface area (Å²) in [5, 5.41) is 9.58. The van der Waals surface area contributed by atoms with Crippen molar-refractivity contribution >= 4 is 17.4 Å². The summed E-state index contributed by atoms with van der Waals surface area (Å²) in [5.41, 5.74) is 0.396. The van der Waals surface area contributed by atoms with Crippen molar-refractivity contribution in [1.29, 1.82) is 0 Å². The maximum Gasteiger partial charge on any atom is 0.275 e. The molecule has 0 aromatic carbocycles. The quantitative estimate of drug-likeness (QED) is 0.857. The molecule has 8 heteroatoms. The molecule has 0 N–H and O–H groups in total. The van der Waals surface area contributed by atoms with E-state index in [0.717, 1.165) is 31.6 Å². The van der Waals surface area contributed by atoms with Gasteiger partial charge in [-0.25, -0.2) is 0 Å². The van der Waals surface area contributed by atoms with Gasteiger partial charge in [0.15, 0.2) is 11.5 Å². The third kappa shape index (κ3) is 2.00. The van der Waals surface area contributed by atoms with Gasteiger partial charge in [-0.3, -0.25) is 4.79 Å². The number of amides is 1. The largest absolute Gasteiger partial charge is 0.339 e. The number of likely N-dealkylation sites (tertiary alicyclic amines) is 1. The topological polar surface area (TPSA) is 85.0 Å². The molecule has 104 valence electrons. The number of rotatable bonds is 3.